The van der Waals surface area contributed by atoms with E-state index in [0.717, 1.165) is 13.0 Å². The van der Waals surface area contributed by atoms with Gasteiger partial charge in [0.05, 0.1) is 0 Å². The first-order chi connectivity index (χ1) is 8.01. The smallest absolute Gasteiger partial charge is 0.0270 e. The molecule has 0 fully saturated rings. The van der Waals surface area contributed by atoms with Crippen LogP contribution >= 0.6 is 0 Å². The summed E-state index contributed by atoms with van der Waals surface area (Å²) >= 11 is 0. The van der Waals surface area contributed by atoms with E-state index in [-0.39, 0.29) is 0 Å². The molecule has 1 unspecified atom stereocenters. The van der Waals surface area contributed by atoms with Gasteiger partial charge in [0.25, 0.3) is 0 Å². The van der Waals surface area contributed by atoms with Crippen molar-refractivity contribution in [1.82, 2.24) is 10.3 Å². The molecule has 96 valence electrons. The Morgan fingerprint density at radius 2 is 1.88 bits per heavy atom. The Balaban J connectivity index is 2.49. The normalized spacial score (nSPS) is 13.6. The summed E-state index contributed by atoms with van der Waals surface area (Å²) in [6, 6.07) is 4.81. The predicted molar refractivity (Wildman–Crippen MR) is 74.1 cm³/mol. The summed E-state index contributed by atoms with van der Waals surface area (Å²) in [7, 11) is 0. The van der Waals surface area contributed by atoms with Crippen molar-refractivity contribution in [3.05, 3.63) is 30.1 Å². The largest absolute Gasteiger partial charge is 0.314 e. The second kappa shape index (κ2) is 6.75. The lowest BCUT2D eigenvalue weighted by Crippen LogP contribution is -2.32. The fraction of sp³-hybridized carbons (Fsp3) is 0.667. The Morgan fingerprint density at radius 1 is 1.24 bits per heavy atom. The van der Waals surface area contributed by atoms with Gasteiger partial charge in [-0.3, -0.25) is 4.98 Å². The van der Waals surface area contributed by atoms with Crippen molar-refractivity contribution in [1.29, 1.82) is 0 Å². The minimum absolute atomic E-state index is 0.423. The number of rotatable bonds is 6. The maximum atomic E-state index is 4.06. The van der Waals surface area contributed by atoms with Crippen molar-refractivity contribution in [2.75, 3.05) is 6.54 Å². The minimum Gasteiger partial charge on any atom is -0.314 e. The highest BCUT2D eigenvalue weighted by atomic mass is 14.9. The van der Waals surface area contributed by atoms with E-state index in [4.69, 9.17) is 0 Å². The fourth-order valence-corrected chi connectivity index (χ4v) is 1.98. The van der Waals surface area contributed by atoms with Crippen molar-refractivity contribution in [2.45, 2.75) is 53.0 Å². The molecule has 0 aromatic carbocycles. The van der Waals surface area contributed by atoms with Crippen molar-refractivity contribution in [3.63, 3.8) is 0 Å². The molecule has 2 heteroatoms. The molecule has 0 spiro atoms. The highest BCUT2D eigenvalue weighted by molar-refractivity contribution is 5.11. The lowest BCUT2D eigenvalue weighted by Gasteiger charge is -2.23. The summed E-state index contributed by atoms with van der Waals surface area (Å²) in [5.41, 5.74) is 1.80. The van der Waals surface area contributed by atoms with Crippen molar-refractivity contribution < 1.29 is 0 Å². The summed E-state index contributed by atoms with van der Waals surface area (Å²) < 4.78 is 0. The molecule has 1 heterocycles. The Labute approximate surface area is 106 Å². The highest BCUT2D eigenvalue weighted by Gasteiger charge is 2.15. The molecule has 0 saturated heterocycles. The van der Waals surface area contributed by atoms with E-state index >= 15 is 0 Å². The molecule has 0 aliphatic carbocycles. The Hall–Kier alpha value is -0.890. The lowest BCUT2D eigenvalue weighted by molar-refractivity contribution is 0.330. The van der Waals surface area contributed by atoms with E-state index in [2.05, 4.69) is 50.1 Å². The number of hydrogen-bond acceptors (Lipinski definition) is 2. The minimum atomic E-state index is 0.423. The number of nitrogens with one attached hydrogen (secondary N) is 1. The van der Waals surface area contributed by atoms with E-state index in [1.54, 1.807) is 0 Å². The number of pyridine rings is 1. The van der Waals surface area contributed by atoms with E-state index in [0.29, 0.717) is 11.5 Å². The van der Waals surface area contributed by atoms with Gasteiger partial charge < -0.3 is 5.32 Å². The van der Waals surface area contributed by atoms with E-state index in [1.807, 2.05) is 12.4 Å². The molecule has 1 aromatic heterocycles. The monoisotopic (exact) mass is 234 g/mol. The first-order valence-electron chi connectivity index (χ1n) is 6.63. The van der Waals surface area contributed by atoms with Crippen molar-refractivity contribution in [2.24, 2.45) is 5.41 Å². The molecule has 1 rings (SSSR count). The zero-order chi connectivity index (χ0) is 12.7. The summed E-state index contributed by atoms with van der Waals surface area (Å²) in [6.07, 6.45) is 7.35. The lowest BCUT2D eigenvalue weighted by atomic mass is 9.87. The number of nitrogens with zero attached hydrogens (tertiary/aromatic N) is 1. The molecule has 1 aromatic rings. The standard InChI is InChI=1S/C15H26N2/c1-5-17-14(6-9-15(2,3)4)12-13-7-10-16-11-8-13/h7-8,10-11,14,17H,5-6,9,12H2,1-4H3. The zero-order valence-electron chi connectivity index (χ0n) is 11.7. The Kier molecular flexibility index (Phi) is 5.63. The average molecular weight is 234 g/mol. The van der Waals surface area contributed by atoms with Gasteiger partial charge in [0.1, 0.15) is 0 Å². The highest BCUT2D eigenvalue weighted by Crippen LogP contribution is 2.22. The Morgan fingerprint density at radius 3 is 2.41 bits per heavy atom. The third kappa shape index (κ3) is 6.42. The molecular formula is C15H26N2. The maximum Gasteiger partial charge on any atom is 0.0270 e. The van der Waals surface area contributed by atoms with Crippen LogP contribution in [-0.4, -0.2) is 17.6 Å². The van der Waals surface area contributed by atoms with E-state index < -0.39 is 0 Å². The van der Waals surface area contributed by atoms with Crippen LogP contribution in [0.2, 0.25) is 0 Å². The molecule has 17 heavy (non-hydrogen) atoms. The van der Waals surface area contributed by atoms with Gasteiger partial charge in [0, 0.05) is 18.4 Å². The molecule has 0 amide bonds. The molecule has 0 saturated carbocycles. The topological polar surface area (TPSA) is 24.9 Å². The van der Waals surface area contributed by atoms with Gasteiger partial charge in [0.15, 0.2) is 0 Å². The zero-order valence-corrected chi connectivity index (χ0v) is 11.7. The van der Waals surface area contributed by atoms with Gasteiger partial charge in [-0.15, -0.1) is 0 Å². The van der Waals surface area contributed by atoms with Crippen LogP contribution in [0.15, 0.2) is 24.5 Å². The molecule has 0 bridgehead atoms. The van der Waals surface area contributed by atoms with E-state index in [1.165, 1.54) is 18.4 Å². The third-order valence-corrected chi connectivity index (χ3v) is 2.97. The fourth-order valence-electron chi connectivity index (χ4n) is 1.98. The van der Waals surface area contributed by atoms with Gasteiger partial charge in [-0.05, 0) is 48.9 Å². The molecule has 0 aliphatic rings. The number of aromatic nitrogens is 1. The predicted octanol–water partition coefficient (Wildman–Crippen LogP) is 3.43. The summed E-state index contributed by atoms with van der Waals surface area (Å²) in [4.78, 5) is 4.06. The maximum absolute atomic E-state index is 4.06. The van der Waals surface area contributed by atoms with Gasteiger partial charge in [-0.25, -0.2) is 0 Å². The first-order valence-corrected chi connectivity index (χ1v) is 6.63. The average Bonchev–Trinajstić information content (AvgIpc) is 2.27. The third-order valence-electron chi connectivity index (χ3n) is 2.97. The van der Waals surface area contributed by atoms with Crippen molar-refractivity contribution >= 4 is 0 Å². The van der Waals surface area contributed by atoms with Crippen LogP contribution in [0.5, 0.6) is 0 Å². The van der Waals surface area contributed by atoms with Crippen LogP contribution in [0.4, 0.5) is 0 Å². The van der Waals surface area contributed by atoms with Crippen LogP contribution < -0.4 is 5.32 Å². The SMILES string of the molecule is CCNC(CCC(C)(C)C)Cc1ccncc1. The molecule has 2 nitrogen and oxygen atoms in total. The summed E-state index contributed by atoms with van der Waals surface area (Å²) in [5.74, 6) is 0. The van der Waals surface area contributed by atoms with Gasteiger partial charge in [-0.2, -0.15) is 0 Å². The van der Waals surface area contributed by atoms with Crippen LogP contribution in [0.1, 0.15) is 46.1 Å². The molecule has 1 N–H and O–H groups in total. The number of hydrogen-bond donors (Lipinski definition) is 1. The first kappa shape index (κ1) is 14.2. The quantitative estimate of drug-likeness (QED) is 0.815. The molecular weight excluding hydrogens is 208 g/mol. The molecule has 0 aliphatic heterocycles. The van der Waals surface area contributed by atoms with Gasteiger partial charge in [0.2, 0.25) is 0 Å². The second-order valence-corrected chi connectivity index (χ2v) is 5.91. The van der Waals surface area contributed by atoms with Crippen LogP contribution in [0.25, 0.3) is 0 Å². The molecule has 1 atom stereocenters. The van der Waals surface area contributed by atoms with Crippen LogP contribution in [0, 0.1) is 5.41 Å². The summed E-state index contributed by atoms with van der Waals surface area (Å²) in [6.45, 7) is 10.1. The number of likely N-dealkylation sites (N-methyl/N-ethyl adjacent to an activating group) is 1. The Bertz CT molecular complexity index is 300. The second-order valence-electron chi connectivity index (χ2n) is 5.91. The van der Waals surface area contributed by atoms with Crippen LogP contribution in [0.3, 0.4) is 0 Å². The van der Waals surface area contributed by atoms with E-state index in [9.17, 15) is 0 Å². The van der Waals surface area contributed by atoms with Crippen LogP contribution in [-0.2, 0) is 6.42 Å². The molecule has 0 radical (unpaired) electrons. The van der Waals surface area contributed by atoms with Gasteiger partial charge >= 0.3 is 0 Å². The van der Waals surface area contributed by atoms with Crippen molar-refractivity contribution in [3.8, 4) is 0 Å². The van der Waals surface area contributed by atoms with Gasteiger partial charge in [-0.1, -0.05) is 27.7 Å². The summed E-state index contributed by atoms with van der Waals surface area (Å²) in [5, 5.41) is 3.58.